The van der Waals surface area contributed by atoms with E-state index in [1.54, 1.807) is 0 Å². The smallest absolute Gasteiger partial charge is 0.00773 e. The van der Waals surface area contributed by atoms with E-state index in [9.17, 15) is 0 Å². The largest absolute Gasteiger partial charge is 0.330 e. The highest BCUT2D eigenvalue weighted by molar-refractivity contribution is 4.79. The van der Waals surface area contributed by atoms with Gasteiger partial charge in [-0.25, -0.2) is 0 Å². The number of hydrogen-bond acceptors (Lipinski definition) is 1. The fourth-order valence-electron chi connectivity index (χ4n) is 5.74. The number of unbranched alkanes of at least 4 members (excludes halogenated alkanes) is 2. The Morgan fingerprint density at radius 3 is 1.32 bits per heavy atom. The van der Waals surface area contributed by atoms with E-state index in [1.165, 1.54) is 128 Å². The quantitative estimate of drug-likeness (QED) is 0.470. The highest BCUT2D eigenvalue weighted by atomic mass is 14.5. The molecule has 0 aliphatic heterocycles. The normalized spacial score (nSPS) is 23.3. The third-order valence-corrected chi connectivity index (χ3v) is 7.25. The van der Waals surface area contributed by atoms with Gasteiger partial charge in [0, 0.05) is 0 Å². The van der Waals surface area contributed by atoms with Crippen LogP contribution >= 0.6 is 0 Å². The van der Waals surface area contributed by atoms with Crippen molar-refractivity contribution in [2.45, 2.75) is 128 Å². The molecule has 0 unspecified atom stereocenters. The molecule has 0 spiro atoms. The maximum Gasteiger partial charge on any atom is -0.00773 e. The molecule has 0 amide bonds. The van der Waals surface area contributed by atoms with Crippen molar-refractivity contribution in [3.05, 3.63) is 0 Å². The summed E-state index contributed by atoms with van der Waals surface area (Å²) in [4.78, 5) is 0. The Labute approximate surface area is 158 Å². The van der Waals surface area contributed by atoms with E-state index in [4.69, 9.17) is 5.73 Å². The van der Waals surface area contributed by atoms with E-state index in [0.717, 1.165) is 24.3 Å². The van der Waals surface area contributed by atoms with Gasteiger partial charge in [-0.05, 0) is 37.1 Å². The van der Waals surface area contributed by atoms with E-state index in [1.807, 2.05) is 0 Å². The molecule has 0 aromatic heterocycles. The molecule has 25 heavy (non-hydrogen) atoms. The molecule has 0 heterocycles. The molecule has 2 aliphatic carbocycles. The molecular formula is C24H47N. The van der Waals surface area contributed by atoms with Crippen molar-refractivity contribution in [3.8, 4) is 0 Å². The molecule has 1 nitrogen and oxygen atoms in total. The van der Waals surface area contributed by atoms with Gasteiger partial charge in [0.15, 0.2) is 0 Å². The fraction of sp³-hybridized carbons (Fsp3) is 1.00. The van der Waals surface area contributed by atoms with E-state index >= 15 is 0 Å². The van der Waals surface area contributed by atoms with Crippen LogP contribution in [-0.2, 0) is 0 Å². The molecule has 2 aliphatic rings. The van der Waals surface area contributed by atoms with Gasteiger partial charge in [0.1, 0.15) is 0 Å². The van der Waals surface area contributed by atoms with Crippen LogP contribution in [0, 0.1) is 17.8 Å². The first-order chi connectivity index (χ1) is 12.4. The summed E-state index contributed by atoms with van der Waals surface area (Å²) in [5.74, 6) is 3.12. The molecule has 0 radical (unpaired) electrons. The Hall–Kier alpha value is -0.0400. The minimum atomic E-state index is 0.886. The molecule has 2 rings (SSSR count). The van der Waals surface area contributed by atoms with E-state index < -0.39 is 0 Å². The van der Waals surface area contributed by atoms with Crippen molar-refractivity contribution in [1.29, 1.82) is 0 Å². The van der Waals surface area contributed by atoms with E-state index in [-0.39, 0.29) is 0 Å². The Morgan fingerprint density at radius 1 is 0.520 bits per heavy atom. The van der Waals surface area contributed by atoms with Crippen LogP contribution in [0.3, 0.4) is 0 Å². The zero-order chi connectivity index (χ0) is 17.6. The van der Waals surface area contributed by atoms with E-state index in [0.29, 0.717) is 0 Å². The molecule has 0 aromatic carbocycles. The number of hydrogen-bond donors (Lipinski definition) is 1. The zero-order valence-electron chi connectivity index (χ0n) is 17.2. The molecule has 0 atom stereocenters. The lowest BCUT2D eigenvalue weighted by molar-refractivity contribution is 0.160. The van der Waals surface area contributed by atoms with Crippen molar-refractivity contribution in [1.82, 2.24) is 0 Å². The molecule has 148 valence electrons. The van der Waals surface area contributed by atoms with Gasteiger partial charge in [-0.2, -0.15) is 0 Å². The standard InChI is InChI=1S/C24H47N/c25-21-15-9-14-20-24(22-16-10-5-1-2-6-11-17-22)23-18-12-7-3-4-8-13-19-23/h22-24H,1-21,25H2. The van der Waals surface area contributed by atoms with Crippen molar-refractivity contribution in [2.75, 3.05) is 6.54 Å². The Balaban J connectivity index is 1.97. The third kappa shape index (κ3) is 8.94. The van der Waals surface area contributed by atoms with Crippen LogP contribution in [0.25, 0.3) is 0 Å². The van der Waals surface area contributed by atoms with Gasteiger partial charge in [0.25, 0.3) is 0 Å². The molecular weight excluding hydrogens is 302 g/mol. The van der Waals surface area contributed by atoms with Gasteiger partial charge in [-0.3, -0.25) is 0 Å². The van der Waals surface area contributed by atoms with Gasteiger partial charge in [0.05, 0.1) is 0 Å². The molecule has 0 aromatic rings. The lowest BCUT2D eigenvalue weighted by Crippen LogP contribution is -2.24. The topological polar surface area (TPSA) is 26.0 Å². The Kier molecular flexibility index (Phi) is 12.0. The third-order valence-electron chi connectivity index (χ3n) is 7.25. The van der Waals surface area contributed by atoms with Crippen LogP contribution in [0.15, 0.2) is 0 Å². The van der Waals surface area contributed by atoms with Crippen LogP contribution < -0.4 is 5.73 Å². The van der Waals surface area contributed by atoms with Crippen molar-refractivity contribution < 1.29 is 0 Å². The molecule has 0 saturated heterocycles. The van der Waals surface area contributed by atoms with Gasteiger partial charge < -0.3 is 5.73 Å². The van der Waals surface area contributed by atoms with Gasteiger partial charge in [-0.15, -0.1) is 0 Å². The summed E-state index contributed by atoms with van der Waals surface area (Å²) in [7, 11) is 0. The first-order valence-electron chi connectivity index (χ1n) is 12.1. The molecule has 1 heteroatoms. The minimum absolute atomic E-state index is 0.886. The lowest BCUT2D eigenvalue weighted by atomic mass is 9.71. The van der Waals surface area contributed by atoms with E-state index in [2.05, 4.69) is 0 Å². The molecule has 2 N–H and O–H groups in total. The molecule has 2 saturated carbocycles. The second kappa shape index (κ2) is 14.1. The predicted molar refractivity (Wildman–Crippen MR) is 112 cm³/mol. The van der Waals surface area contributed by atoms with Crippen molar-refractivity contribution >= 4 is 0 Å². The first-order valence-corrected chi connectivity index (χ1v) is 12.1. The highest BCUT2D eigenvalue weighted by Crippen LogP contribution is 2.40. The summed E-state index contributed by atoms with van der Waals surface area (Å²) in [6, 6.07) is 0. The van der Waals surface area contributed by atoms with Crippen LogP contribution in [-0.4, -0.2) is 6.54 Å². The van der Waals surface area contributed by atoms with Gasteiger partial charge in [-0.1, -0.05) is 116 Å². The SMILES string of the molecule is NCCCCCC(C1CCCCCCCC1)C1CCCCCCCC1. The average Bonchev–Trinajstić information content (AvgIpc) is 2.85. The second-order valence-electron chi connectivity index (χ2n) is 9.22. The maximum atomic E-state index is 5.74. The minimum Gasteiger partial charge on any atom is -0.330 e. The molecule has 0 bridgehead atoms. The average molecular weight is 350 g/mol. The van der Waals surface area contributed by atoms with Gasteiger partial charge >= 0.3 is 0 Å². The maximum absolute atomic E-state index is 5.74. The number of rotatable bonds is 7. The van der Waals surface area contributed by atoms with Crippen LogP contribution in [0.5, 0.6) is 0 Å². The summed E-state index contributed by atoms with van der Waals surface area (Å²) in [5.41, 5.74) is 5.74. The second-order valence-corrected chi connectivity index (χ2v) is 9.22. The lowest BCUT2D eigenvalue weighted by Gasteiger charge is -2.35. The first kappa shape index (κ1) is 21.3. The predicted octanol–water partition coefficient (Wildman–Crippen LogP) is 7.62. The Bertz CT molecular complexity index is 256. The van der Waals surface area contributed by atoms with Crippen LogP contribution in [0.1, 0.15) is 128 Å². The van der Waals surface area contributed by atoms with Crippen LogP contribution in [0.2, 0.25) is 0 Å². The zero-order valence-corrected chi connectivity index (χ0v) is 17.2. The summed E-state index contributed by atoms with van der Waals surface area (Å²) in [5, 5.41) is 0. The summed E-state index contributed by atoms with van der Waals surface area (Å²) < 4.78 is 0. The van der Waals surface area contributed by atoms with Gasteiger partial charge in [0.2, 0.25) is 0 Å². The van der Waals surface area contributed by atoms with Crippen LogP contribution in [0.4, 0.5) is 0 Å². The number of nitrogens with two attached hydrogens (primary N) is 1. The van der Waals surface area contributed by atoms with Crippen molar-refractivity contribution in [3.63, 3.8) is 0 Å². The summed E-state index contributed by atoms with van der Waals surface area (Å²) >= 11 is 0. The van der Waals surface area contributed by atoms with Crippen molar-refractivity contribution in [2.24, 2.45) is 23.5 Å². The Morgan fingerprint density at radius 2 is 0.920 bits per heavy atom. The monoisotopic (exact) mass is 349 g/mol. The fourth-order valence-corrected chi connectivity index (χ4v) is 5.74. The molecule has 2 fully saturated rings. The summed E-state index contributed by atoms with van der Waals surface area (Å²) in [6.45, 7) is 0.886. The highest BCUT2D eigenvalue weighted by Gasteiger charge is 2.28. The summed E-state index contributed by atoms with van der Waals surface area (Å²) in [6.07, 6.45) is 29.7.